The van der Waals surface area contributed by atoms with E-state index < -0.39 is 34.6 Å². The summed E-state index contributed by atoms with van der Waals surface area (Å²) in [6.07, 6.45) is 0.807. The van der Waals surface area contributed by atoms with Crippen LogP contribution in [0.3, 0.4) is 0 Å². The van der Waals surface area contributed by atoms with Gasteiger partial charge in [0.25, 0.3) is 0 Å². The Bertz CT molecular complexity index is 1220. The Kier molecular flexibility index (Phi) is 4.82. The Labute approximate surface area is 164 Å². The van der Waals surface area contributed by atoms with Crippen molar-refractivity contribution >= 4 is 10.8 Å². The highest BCUT2D eigenvalue weighted by atomic mass is 19.2. The summed E-state index contributed by atoms with van der Waals surface area (Å²) in [4.78, 5) is 0. The Hall–Kier alpha value is -3.21. The van der Waals surface area contributed by atoms with Crippen LogP contribution in [0.15, 0.2) is 60.7 Å². The Balaban J connectivity index is 1.84. The summed E-state index contributed by atoms with van der Waals surface area (Å²) in [5.41, 5.74) is 0.484. The Morgan fingerprint density at radius 1 is 0.621 bits per heavy atom. The summed E-state index contributed by atoms with van der Waals surface area (Å²) in [5, 5.41) is 1.05. The van der Waals surface area contributed by atoms with E-state index in [-0.39, 0.29) is 16.7 Å². The number of fused-ring (bicyclic) bond motifs is 1. The van der Waals surface area contributed by atoms with Gasteiger partial charge in [-0.3, -0.25) is 0 Å². The maximum Gasteiger partial charge on any atom is 0.159 e. The predicted molar refractivity (Wildman–Crippen MR) is 104 cm³/mol. The molecule has 0 saturated carbocycles. The molecule has 0 spiro atoms. The first kappa shape index (κ1) is 19.1. The molecule has 0 N–H and O–H groups in total. The van der Waals surface area contributed by atoms with E-state index in [1.165, 1.54) is 6.07 Å². The number of aryl methyl sites for hydroxylation is 1. The number of hydrogen-bond acceptors (Lipinski definition) is 0. The van der Waals surface area contributed by atoms with E-state index in [1.54, 1.807) is 12.1 Å². The van der Waals surface area contributed by atoms with Gasteiger partial charge in [-0.25, -0.2) is 22.0 Å². The van der Waals surface area contributed by atoms with Crippen LogP contribution in [-0.2, 0) is 6.42 Å². The largest absolute Gasteiger partial charge is 0.206 e. The maximum absolute atomic E-state index is 15.0. The van der Waals surface area contributed by atoms with Crippen molar-refractivity contribution in [2.45, 2.75) is 13.3 Å². The van der Waals surface area contributed by atoms with Crippen molar-refractivity contribution in [1.82, 2.24) is 0 Å². The molecule has 29 heavy (non-hydrogen) atoms. The van der Waals surface area contributed by atoms with E-state index in [4.69, 9.17) is 0 Å². The van der Waals surface area contributed by atoms with Gasteiger partial charge in [-0.15, -0.1) is 0 Å². The van der Waals surface area contributed by atoms with Gasteiger partial charge in [-0.05, 0) is 52.8 Å². The summed E-state index contributed by atoms with van der Waals surface area (Å²) in [6.45, 7) is 1.99. The van der Waals surface area contributed by atoms with Crippen molar-refractivity contribution in [3.05, 3.63) is 95.3 Å². The highest BCUT2D eigenvalue weighted by Gasteiger charge is 2.18. The molecule has 0 nitrogen and oxygen atoms in total. The van der Waals surface area contributed by atoms with E-state index in [9.17, 15) is 17.6 Å². The lowest BCUT2D eigenvalue weighted by Gasteiger charge is -2.11. The van der Waals surface area contributed by atoms with Crippen LogP contribution in [0.4, 0.5) is 22.0 Å². The van der Waals surface area contributed by atoms with Crippen molar-refractivity contribution in [1.29, 1.82) is 0 Å². The van der Waals surface area contributed by atoms with E-state index in [0.29, 0.717) is 10.8 Å². The van der Waals surface area contributed by atoms with Gasteiger partial charge in [0.2, 0.25) is 0 Å². The fourth-order valence-corrected chi connectivity index (χ4v) is 3.44. The zero-order valence-corrected chi connectivity index (χ0v) is 15.4. The molecule has 0 aromatic heterocycles. The number of halogens is 5. The van der Waals surface area contributed by atoms with Crippen LogP contribution >= 0.6 is 0 Å². The molecule has 4 rings (SSSR count). The first-order valence-corrected chi connectivity index (χ1v) is 9.05. The molecule has 4 aromatic carbocycles. The molecule has 0 fully saturated rings. The lowest BCUT2D eigenvalue weighted by atomic mass is 9.96. The number of hydrogen-bond donors (Lipinski definition) is 0. The zero-order chi connectivity index (χ0) is 20.7. The van der Waals surface area contributed by atoms with E-state index in [1.807, 2.05) is 19.1 Å². The molecule has 4 aromatic rings. The highest BCUT2D eigenvalue weighted by molar-refractivity contribution is 5.89. The average molecular weight is 398 g/mol. The van der Waals surface area contributed by atoms with E-state index in [0.717, 1.165) is 42.3 Å². The lowest BCUT2D eigenvalue weighted by molar-refractivity contribution is 0.508. The minimum atomic E-state index is -1.21. The van der Waals surface area contributed by atoms with Gasteiger partial charge in [0.1, 0.15) is 17.5 Å². The normalized spacial score (nSPS) is 11.2. The average Bonchev–Trinajstić information content (AvgIpc) is 2.70. The van der Waals surface area contributed by atoms with Crippen LogP contribution in [0, 0.1) is 29.1 Å². The molecule has 0 unspecified atom stereocenters. The number of benzene rings is 4. The minimum Gasteiger partial charge on any atom is -0.206 e. The third kappa shape index (κ3) is 3.37. The molecular formula is C24H15F5. The molecule has 0 aliphatic heterocycles. The molecule has 0 saturated heterocycles. The fraction of sp³-hybridized carbons (Fsp3) is 0.0833. The van der Waals surface area contributed by atoms with Crippen LogP contribution in [0.1, 0.15) is 12.5 Å². The van der Waals surface area contributed by atoms with Crippen molar-refractivity contribution in [3.63, 3.8) is 0 Å². The van der Waals surface area contributed by atoms with Gasteiger partial charge < -0.3 is 0 Å². The predicted octanol–water partition coefficient (Wildman–Crippen LogP) is 7.43. The molecule has 0 aliphatic carbocycles. The van der Waals surface area contributed by atoms with Crippen molar-refractivity contribution in [2.24, 2.45) is 0 Å². The zero-order valence-electron chi connectivity index (χ0n) is 15.4. The minimum absolute atomic E-state index is 0.0188. The van der Waals surface area contributed by atoms with Crippen LogP contribution in [0.5, 0.6) is 0 Å². The monoisotopic (exact) mass is 398 g/mol. The summed E-state index contributed by atoms with van der Waals surface area (Å²) < 4.78 is 71.0. The van der Waals surface area contributed by atoms with Gasteiger partial charge in [-0.1, -0.05) is 43.3 Å². The van der Waals surface area contributed by atoms with Crippen LogP contribution < -0.4 is 0 Å². The summed E-state index contributed by atoms with van der Waals surface area (Å²) >= 11 is 0. The van der Waals surface area contributed by atoms with Crippen molar-refractivity contribution in [2.75, 3.05) is 0 Å². The van der Waals surface area contributed by atoms with E-state index >= 15 is 4.39 Å². The molecule has 0 amide bonds. The Morgan fingerprint density at radius 2 is 1.31 bits per heavy atom. The van der Waals surface area contributed by atoms with E-state index in [2.05, 4.69) is 0 Å². The van der Waals surface area contributed by atoms with Crippen molar-refractivity contribution < 1.29 is 22.0 Å². The van der Waals surface area contributed by atoms with Crippen LogP contribution in [-0.4, -0.2) is 0 Å². The first-order valence-electron chi connectivity index (χ1n) is 9.05. The number of rotatable bonds is 3. The van der Waals surface area contributed by atoms with Gasteiger partial charge in [0.05, 0.1) is 5.56 Å². The lowest BCUT2D eigenvalue weighted by Crippen LogP contribution is -1.95. The van der Waals surface area contributed by atoms with Gasteiger partial charge in [-0.2, -0.15) is 0 Å². The SMILES string of the molecule is CCc1ccc2c(F)c(-c3cc(F)c(-c4ccc(F)c(F)c4)c(F)c3)ccc2c1. The molecule has 0 aliphatic rings. The highest BCUT2D eigenvalue weighted by Crippen LogP contribution is 2.34. The second kappa shape index (κ2) is 7.32. The molecule has 0 heterocycles. The topological polar surface area (TPSA) is 0 Å². The van der Waals surface area contributed by atoms with Crippen molar-refractivity contribution in [3.8, 4) is 22.3 Å². The molecule has 0 bridgehead atoms. The summed E-state index contributed by atoms with van der Waals surface area (Å²) in [6, 6.07) is 13.1. The second-order valence-electron chi connectivity index (χ2n) is 6.78. The molecule has 0 radical (unpaired) electrons. The quantitative estimate of drug-likeness (QED) is 0.315. The van der Waals surface area contributed by atoms with Gasteiger partial charge in [0, 0.05) is 10.9 Å². The van der Waals surface area contributed by atoms with Crippen LogP contribution in [0.25, 0.3) is 33.0 Å². The Morgan fingerprint density at radius 3 is 1.97 bits per heavy atom. The standard InChI is InChI=1S/C24H15F5/c1-2-13-3-6-17-14(9-13)4-7-18(24(17)29)16-11-21(27)23(22(28)12-16)15-5-8-19(25)20(26)10-15/h3-12H,2H2,1H3. The smallest absolute Gasteiger partial charge is 0.159 e. The molecular weight excluding hydrogens is 383 g/mol. The molecule has 0 atom stereocenters. The first-order chi connectivity index (χ1) is 13.9. The second-order valence-corrected chi connectivity index (χ2v) is 6.78. The molecule has 5 heteroatoms. The third-order valence-corrected chi connectivity index (χ3v) is 4.99. The van der Waals surface area contributed by atoms with Gasteiger partial charge >= 0.3 is 0 Å². The third-order valence-electron chi connectivity index (χ3n) is 4.99. The summed E-state index contributed by atoms with van der Waals surface area (Å²) in [7, 11) is 0. The maximum atomic E-state index is 15.0. The summed E-state index contributed by atoms with van der Waals surface area (Å²) in [5.74, 6) is -4.89. The van der Waals surface area contributed by atoms with Gasteiger partial charge in [0.15, 0.2) is 11.6 Å². The van der Waals surface area contributed by atoms with Crippen LogP contribution in [0.2, 0.25) is 0 Å². The fourth-order valence-electron chi connectivity index (χ4n) is 3.44. The molecule has 146 valence electrons.